The molecule has 0 saturated carbocycles. The zero-order valence-corrected chi connectivity index (χ0v) is 16.8. The molecular formula is C17H16BrN3O5S. The average molecular weight is 454 g/mol. The summed E-state index contributed by atoms with van der Waals surface area (Å²) in [6.45, 7) is 2.21. The lowest BCUT2D eigenvalue weighted by Crippen LogP contribution is -2.34. The van der Waals surface area contributed by atoms with Gasteiger partial charge in [-0.1, -0.05) is 15.9 Å². The van der Waals surface area contributed by atoms with E-state index >= 15 is 0 Å². The third-order valence-electron chi connectivity index (χ3n) is 3.36. The van der Waals surface area contributed by atoms with Crippen LogP contribution in [0, 0.1) is 10.1 Å². The van der Waals surface area contributed by atoms with Crippen LogP contribution in [0.1, 0.15) is 17.3 Å². The van der Waals surface area contributed by atoms with Gasteiger partial charge in [-0.15, -0.1) is 0 Å². The first-order valence-corrected chi connectivity index (χ1v) is 8.93. The van der Waals surface area contributed by atoms with Crippen LogP contribution in [0.15, 0.2) is 40.9 Å². The van der Waals surface area contributed by atoms with E-state index in [1.54, 1.807) is 18.2 Å². The molecule has 1 amide bonds. The molecule has 142 valence electrons. The Hall–Kier alpha value is -2.72. The van der Waals surface area contributed by atoms with Crippen molar-refractivity contribution in [2.75, 3.05) is 19.0 Å². The van der Waals surface area contributed by atoms with E-state index in [4.69, 9.17) is 21.7 Å². The highest BCUT2D eigenvalue weighted by molar-refractivity contribution is 9.10. The second kappa shape index (κ2) is 9.28. The van der Waals surface area contributed by atoms with Gasteiger partial charge in [0.05, 0.1) is 29.9 Å². The number of nitrogens with one attached hydrogen (secondary N) is 2. The van der Waals surface area contributed by atoms with E-state index in [0.717, 1.165) is 0 Å². The Kier molecular flexibility index (Phi) is 7.08. The van der Waals surface area contributed by atoms with E-state index in [1.807, 2.05) is 6.92 Å². The quantitative estimate of drug-likeness (QED) is 0.388. The van der Waals surface area contributed by atoms with E-state index < -0.39 is 10.8 Å². The molecule has 0 aromatic heterocycles. The number of hydrogen-bond acceptors (Lipinski definition) is 6. The first-order valence-electron chi connectivity index (χ1n) is 7.72. The molecule has 0 aliphatic rings. The zero-order valence-electron chi connectivity index (χ0n) is 14.4. The first-order chi connectivity index (χ1) is 12.8. The predicted octanol–water partition coefficient (Wildman–Crippen LogP) is 3.89. The number of carbonyl (C=O) groups is 1. The monoisotopic (exact) mass is 453 g/mol. The lowest BCUT2D eigenvalue weighted by atomic mass is 10.2. The standard InChI is InChI=1S/C17H16BrN3O5S/c1-3-26-14-6-4-10(18)8-12(14)16(22)20-17(27)19-13-9-11(21(23)24)5-7-15(13)25-2/h4-9H,3H2,1-2H3,(H2,19,20,22,27). The number of anilines is 1. The summed E-state index contributed by atoms with van der Waals surface area (Å²) in [5.41, 5.74) is 0.413. The molecule has 0 unspecified atom stereocenters. The highest BCUT2D eigenvalue weighted by Crippen LogP contribution is 2.29. The van der Waals surface area contributed by atoms with Crippen LogP contribution < -0.4 is 20.1 Å². The van der Waals surface area contributed by atoms with Crippen molar-refractivity contribution in [1.82, 2.24) is 5.32 Å². The third-order valence-corrected chi connectivity index (χ3v) is 4.05. The summed E-state index contributed by atoms with van der Waals surface area (Å²) >= 11 is 8.46. The molecule has 2 rings (SSSR count). The van der Waals surface area contributed by atoms with Crippen LogP contribution in [-0.4, -0.2) is 29.7 Å². The molecule has 2 N–H and O–H groups in total. The fourth-order valence-corrected chi connectivity index (χ4v) is 2.76. The van der Waals surface area contributed by atoms with Crippen LogP contribution in [0.3, 0.4) is 0 Å². The number of carbonyl (C=O) groups excluding carboxylic acids is 1. The van der Waals surface area contributed by atoms with Crippen LogP contribution in [0.2, 0.25) is 0 Å². The fourth-order valence-electron chi connectivity index (χ4n) is 2.19. The molecule has 0 saturated heterocycles. The Morgan fingerprint density at radius 3 is 2.59 bits per heavy atom. The van der Waals surface area contributed by atoms with Crippen molar-refractivity contribution in [3.8, 4) is 11.5 Å². The highest BCUT2D eigenvalue weighted by Gasteiger charge is 2.17. The third kappa shape index (κ3) is 5.38. The maximum absolute atomic E-state index is 12.5. The number of amides is 1. The topological polar surface area (TPSA) is 103 Å². The molecule has 0 atom stereocenters. The lowest BCUT2D eigenvalue weighted by Gasteiger charge is -2.14. The molecule has 0 fully saturated rings. The predicted molar refractivity (Wildman–Crippen MR) is 109 cm³/mol. The highest BCUT2D eigenvalue weighted by atomic mass is 79.9. The van der Waals surface area contributed by atoms with E-state index in [2.05, 4.69) is 26.6 Å². The Morgan fingerprint density at radius 1 is 1.26 bits per heavy atom. The SMILES string of the molecule is CCOc1ccc(Br)cc1C(=O)NC(=S)Nc1cc([N+](=O)[O-])ccc1OC. The van der Waals surface area contributed by atoms with Gasteiger partial charge in [0.1, 0.15) is 11.5 Å². The largest absolute Gasteiger partial charge is 0.495 e. The van der Waals surface area contributed by atoms with Crippen molar-refractivity contribution < 1.29 is 19.2 Å². The van der Waals surface area contributed by atoms with Crippen molar-refractivity contribution in [3.05, 3.63) is 56.5 Å². The first kappa shape index (κ1) is 20.6. The normalized spacial score (nSPS) is 10.0. The number of rotatable bonds is 6. The molecule has 2 aromatic carbocycles. The van der Waals surface area contributed by atoms with E-state index in [1.165, 1.54) is 25.3 Å². The maximum Gasteiger partial charge on any atom is 0.271 e. The van der Waals surface area contributed by atoms with Crippen molar-refractivity contribution in [1.29, 1.82) is 0 Å². The maximum atomic E-state index is 12.5. The Labute approximate surface area is 169 Å². The molecule has 0 aliphatic heterocycles. The minimum absolute atomic E-state index is 0.0405. The van der Waals surface area contributed by atoms with Crippen molar-refractivity contribution in [2.45, 2.75) is 6.92 Å². The van der Waals surface area contributed by atoms with E-state index in [-0.39, 0.29) is 16.5 Å². The second-order valence-corrected chi connectivity index (χ2v) is 6.45. The lowest BCUT2D eigenvalue weighted by molar-refractivity contribution is -0.384. The van der Waals surface area contributed by atoms with Crippen LogP contribution in [0.4, 0.5) is 11.4 Å². The van der Waals surface area contributed by atoms with Crippen LogP contribution in [0.5, 0.6) is 11.5 Å². The van der Waals surface area contributed by atoms with Crippen molar-refractivity contribution >= 4 is 50.5 Å². The number of ether oxygens (including phenoxy) is 2. The molecule has 2 aromatic rings. The Balaban J connectivity index is 2.19. The van der Waals surface area contributed by atoms with Crippen LogP contribution in [-0.2, 0) is 0 Å². The number of methoxy groups -OCH3 is 1. The molecular weight excluding hydrogens is 438 g/mol. The molecule has 0 bridgehead atoms. The number of nitro groups is 1. The minimum Gasteiger partial charge on any atom is -0.495 e. The average Bonchev–Trinajstić information content (AvgIpc) is 2.63. The summed E-state index contributed by atoms with van der Waals surface area (Å²) in [4.78, 5) is 23.0. The molecule has 27 heavy (non-hydrogen) atoms. The van der Waals surface area contributed by atoms with Crippen molar-refractivity contribution in [2.24, 2.45) is 0 Å². The van der Waals surface area contributed by atoms with Gasteiger partial charge in [0.2, 0.25) is 0 Å². The van der Waals surface area contributed by atoms with Gasteiger partial charge >= 0.3 is 0 Å². The zero-order chi connectivity index (χ0) is 20.0. The number of non-ortho nitro benzene ring substituents is 1. The summed E-state index contributed by atoms with van der Waals surface area (Å²) in [6.07, 6.45) is 0. The van der Waals surface area contributed by atoms with Gasteiger partial charge in [0.25, 0.3) is 11.6 Å². The number of benzene rings is 2. The van der Waals surface area contributed by atoms with Gasteiger partial charge in [-0.3, -0.25) is 20.2 Å². The Bertz CT molecular complexity index is 891. The van der Waals surface area contributed by atoms with Crippen LogP contribution in [0.25, 0.3) is 0 Å². The van der Waals surface area contributed by atoms with E-state index in [9.17, 15) is 14.9 Å². The number of hydrogen-bond donors (Lipinski definition) is 2. The van der Waals surface area contributed by atoms with Gasteiger partial charge in [-0.05, 0) is 43.4 Å². The molecule has 0 heterocycles. The van der Waals surface area contributed by atoms with Gasteiger partial charge in [-0.2, -0.15) is 0 Å². The number of nitrogens with zero attached hydrogens (tertiary/aromatic N) is 1. The number of nitro benzene ring substituents is 1. The summed E-state index contributed by atoms with van der Waals surface area (Å²) in [5.74, 6) is 0.269. The summed E-state index contributed by atoms with van der Waals surface area (Å²) in [5, 5.41) is 16.2. The van der Waals surface area contributed by atoms with Gasteiger partial charge in [0, 0.05) is 16.6 Å². The van der Waals surface area contributed by atoms with Crippen molar-refractivity contribution in [3.63, 3.8) is 0 Å². The summed E-state index contributed by atoms with van der Waals surface area (Å²) < 4.78 is 11.3. The fraction of sp³-hybridized carbons (Fsp3) is 0.176. The van der Waals surface area contributed by atoms with Gasteiger partial charge in [-0.25, -0.2) is 0 Å². The smallest absolute Gasteiger partial charge is 0.271 e. The van der Waals surface area contributed by atoms with E-state index in [0.29, 0.717) is 28.1 Å². The number of thiocarbonyl (C=S) groups is 1. The van der Waals surface area contributed by atoms with Gasteiger partial charge < -0.3 is 14.8 Å². The Morgan fingerprint density at radius 2 is 1.96 bits per heavy atom. The summed E-state index contributed by atoms with van der Waals surface area (Å²) in [6, 6.07) is 9.04. The summed E-state index contributed by atoms with van der Waals surface area (Å²) in [7, 11) is 1.42. The van der Waals surface area contributed by atoms with Crippen LogP contribution >= 0.6 is 28.1 Å². The van der Waals surface area contributed by atoms with Gasteiger partial charge in [0.15, 0.2) is 5.11 Å². The second-order valence-electron chi connectivity index (χ2n) is 5.12. The minimum atomic E-state index is -0.540. The molecule has 0 spiro atoms. The number of halogens is 1. The molecule has 8 nitrogen and oxygen atoms in total. The molecule has 0 aliphatic carbocycles. The molecule has 0 radical (unpaired) electrons. The molecule has 10 heteroatoms.